The SMILES string of the molecule is COCCN(CCOC)C(=O)c1c(C)nc2c(C)cc(Br)cn12. The third-order valence-electron chi connectivity index (χ3n) is 3.67. The van der Waals surface area contributed by atoms with Crippen molar-refractivity contribution in [2.45, 2.75) is 13.8 Å². The van der Waals surface area contributed by atoms with E-state index in [-0.39, 0.29) is 5.91 Å². The van der Waals surface area contributed by atoms with Crippen molar-refractivity contribution in [3.05, 3.63) is 33.7 Å². The second-order valence-corrected chi connectivity index (χ2v) is 6.27. The zero-order valence-electron chi connectivity index (χ0n) is 13.9. The maximum atomic E-state index is 13.0. The van der Waals surface area contributed by atoms with E-state index in [4.69, 9.17) is 9.47 Å². The van der Waals surface area contributed by atoms with E-state index >= 15 is 0 Å². The summed E-state index contributed by atoms with van der Waals surface area (Å²) in [7, 11) is 3.25. The first kappa shape index (κ1) is 17.9. The molecule has 7 heteroatoms. The van der Waals surface area contributed by atoms with Crippen LogP contribution in [0.1, 0.15) is 21.7 Å². The molecular formula is C16H22BrN3O3. The standard InChI is InChI=1S/C16H22BrN3O3/c1-11-9-13(17)10-20-14(12(2)18-15(11)20)16(21)19(5-7-22-3)6-8-23-4/h9-10H,5-8H2,1-4H3. The van der Waals surface area contributed by atoms with Gasteiger partial charge in [0.25, 0.3) is 5.91 Å². The third-order valence-corrected chi connectivity index (χ3v) is 4.10. The van der Waals surface area contributed by atoms with Crippen LogP contribution >= 0.6 is 15.9 Å². The zero-order chi connectivity index (χ0) is 17.0. The van der Waals surface area contributed by atoms with E-state index in [9.17, 15) is 4.79 Å². The molecule has 0 aliphatic heterocycles. The van der Waals surface area contributed by atoms with E-state index in [0.29, 0.717) is 32.0 Å². The van der Waals surface area contributed by atoms with Gasteiger partial charge in [0.1, 0.15) is 11.3 Å². The van der Waals surface area contributed by atoms with Gasteiger partial charge in [-0.05, 0) is 41.4 Å². The summed E-state index contributed by atoms with van der Waals surface area (Å²) in [4.78, 5) is 19.3. The van der Waals surface area contributed by atoms with Crippen molar-refractivity contribution >= 4 is 27.5 Å². The largest absolute Gasteiger partial charge is 0.383 e. The number of halogens is 1. The van der Waals surface area contributed by atoms with Crippen LogP contribution in [0.5, 0.6) is 0 Å². The first-order valence-electron chi connectivity index (χ1n) is 7.41. The van der Waals surface area contributed by atoms with Crippen LogP contribution in [-0.4, -0.2) is 60.7 Å². The maximum absolute atomic E-state index is 13.0. The molecule has 1 amide bonds. The summed E-state index contributed by atoms with van der Waals surface area (Å²) in [5.74, 6) is -0.0680. The summed E-state index contributed by atoms with van der Waals surface area (Å²) < 4.78 is 13.0. The minimum absolute atomic E-state index is 0.0680. The summed E-state index contributed by atoms with van der Waals surface area (Å²) in [5.41, 5.74) is 3.11. The van der Waals surface area contributed by atoms with Crippen LogP contribution in [0.3, 0.4) is 0 Å². The van der Waals surface area contributed by atoms with E-state index in [1.165, 1.54) is 0 Å². The minimum atomic E-state index is -0.0680. The second kappa shape index (κ2) is 7.90. The number of methoxy groups -OCH3 is 2. The van der Waals surface area contributed by atoms with Gasteiger partial charge in [-0.3, -0.25) is 9.20 Å². The molecule has 0 atom stereocenters. The Bertz CT molecular complexity index is 691. The van der Waals surface area contributed by atoms with Crippen molar-refractivity contribution in [1.82, 2.24) is 14.3 Å². The number of hydrogen-bond donors (Lipinski definition) is 0. The topological polar surface area (TPSA) is 56.1 Å². The summed E-state index contributed by atoms with van der Waals surface area (Å²) in [5, 5.41) is 0. The number of aryl methyl sites for hydroxylation is 2. The normalized spacial score (nSPS) is 11.2. The van der Waals surface area contributed by atoms with Crippen LogP contribution in [0.25, 0.3) is 5.65 Å². The molecule has 2 heterocycles. The molecule has 0 aliphatic rings. The smallest absolute Gasteiger partial charge is 0.272 e. The van der Waals surface area contributed by atoms with Gasteiger partial charge in [0, 0.05) is 38.0 Å². The highest BCUT2D eigenvalue weighted by atomic mass is 79.9. The van der Waals surface area contributed by atoms with E-state index in [2.05, 4.69) is 20.9 Å². The first-order chi connectivity index (χ1) is 11.0. The van der Waals surface area contributed by atoms with Crippen LogP contribution in [-0.2, 0) is 9.47 Å². The molecule has 6 nitrogen and oxygen atoms in total. The second-order valence-electron chi connectivity index (χ2n) is 5.36. The minimum Gasteiger partial charge on any atom is -0.383 e. The molecule has 0 aliphatic carbocycles. The molecule has 0 saturated heterocycles. The average molecular weight is 384 g/mol. The Hall–Kier alpha value is -1.44. The zero-order valence-corrected chi connectivity index (χ0v) is 15.5. The fourth-order valence-electron chi connectivity index (χ4n) is 2.51. The highest BCUT2D eigenvalue weighted by molar-refractivity contribution is 9.10. The predicted molar refractivity (Wildman–Crippen MR) is 92.0 cm³/mol. The number of hydrogen-bond acceptors (Lipinski definition) is 4. The Kier molecular flexibility index (Phi) is 6.15. The van der Waals surface area contributed by atoms with Crippen LogP contribution in [0.2, 0.25) is 0 Å². The number of nitrogens with zero attached hydrogens (tertiary/aromatic N) is 3. The molecule has 0 saturated carbocycles. The quantitative estimate of drug-likeness (QED) is 0.736. The predicted octanol–water partition coefficient (Wildman–Crippen LogP) is 2.45. The van der Waals surface area contributed by atoms with Crippen molar-refractivity contribution in [2.24, 2.45) is 0 Å². The summed E-state index contributed by atoms with van der Waals surface area (Å²) >= 11 is 3.48. The molecular weight excluding hydrogens is 362 g/mol. The third kappa shape index (κ3) is 3.91. The summed E-state index contributed by atoms with van der Waals surface area (Å²) in [6, 6.07) is 1.99. The number of aromatic nitrogens is 2. The molecule has 2 aromatic rings. The lowest BCUT2D eigenvalue weighted by atomic mass is 10.2. The first-order valence-corrected chi connectivity index (χ1v) is 8.20. The highest BCUT2D eigenvalue weighted by Gasteiger charge is 2.23. The molecule has 0 aromatic carbocycles. The van der Waals surface area contributed by atoms with Crippen molar-refractivity contribution in [1.29, 1.82) is 0 Å². The van der Waals surface area contributed by atoms with E-state index in [1.54, 1.807) is 19.1 Å². The van der Waals surface area contributed by atoms with Crippen LogP contribution in [0, 0.1) is 13.8 Å². The monoisotopic (exact) mass is 383 g/mol. The van der Waals surface area contributed by atoms with Crippen LogP contribution in [0.15, 0.2) is 16.7 Å². The number of ether oxygens (including phenoxy) is 2. The fourth-order valence-corrected chi connectivity index (χ4v) is 3.06. The molecule has 0 radical (unpaired) electrons. The van der Waals surface area contributed by atoms with Gasteiger partial charge >= 0.3 is 0 Å². The van der Waals surface area contributed by atoms with Gasteiger partial charge in [0.15, 0.2) is 0 Å². The van der Waals surface area contributed by atoms with E-state index in [0.717, 1.165) is 21.4 Å². The number of carbonyl (C=O) groups excluding carboxylic acids is 1. The Morgan fingerprint density at radius 1 is 1.26 bits per heavy atom. The van der Waals surface area contributed by atoms with Crippen molar-refractivity contribution < 1.29 is 14.3 Å². The van der Waals surface area contributed by atoms with Gasteiger partial charge in [-0.2, -0.15) is 0 Å². The van der Waals surface area contributed by atoms with Gasteiger partial charge in [0.2, 0.25) is 0 Å². The summed E-state index contributed by atoms with van der Waals surface area (Å²) in [6.07, 6.45) is 1.88. The molecule has 126 valence electrons. The van der Waals surface area contributed by atoms with Gasteiger partial charge in [-0.25, -0.2) is 4.98 Å². The summed E-state index contributed by atoms with van der Waals surface area (Å²) in [6.45, 7) is 5.82. The number of fused-ring (bicyclic) bond motifs is 1. The Balaban J connectivity index is 2.43. The van der Waals surface area contributed by atoms with Crippen LogP contribution < -0.4 is 0 Å². The molecule has 2 rings (SSSR count). The average Bonchev–Trinajstić information content (AvgIpc) is 2.83. The molecule has 0 fully saturated rings. The molecule has 0 unspecified atom stereocenters. The molecule has 2 aromatic heterocycles. The molecule has 23 heavy (non-hydrogen) atoms. The highest BCUT2D eigenvalue weighted by Crippen LogP contribution is 2.21. The van der Waals surface area contributed by atoms with Gasteiger partial charge < -0.3 is 14.4 Å². The molecule has 0 N–H and O–H groups in total. The lowest BCUT2D eigenvalue weighted by Gasteiger charge is -2.22. The Morgan fingerprint density at radius 2 is 1.87 bits per heavy atom. The lowest BCUT2D eigenvalue weighted by molar-refractivity contribution is 0.0620. The van der Waals surface area contributed by atoms with E-state index < -0.39 is 0 Å². The van der Waals surface area contributed by atoms with Gasteiger partial charge in [0.05, 0.1) is 18.9 Å². The Morgan fingerprint density at radius 3 is 2.43 bits per heavy atom. The fraction of sp³-hybridized carbons (Fsp3) is 0.500. The molecule has 0 bridgehead atoms. The van der Waals surface area contributed by atoms with Crippen molar-refractivity contribution in [3.8, 4) is 0 Å². The molecule has 0 spiro atoms. The number of carbonyl (C=O) groups is 1. The lowest BCUT2D eigenvalue weighted by Crippen LogP contribution is -2.37. The van der Waals surface area contributed by atoms with Gasteiger partial charge in [-0.1, -0.05) is 0 Å². The van der Waals surface area contributed by atoms with Gasteiger partial charge in [-0.15, -0.1) is 0 Å². The maximum Gasteiger partial charge on any atom is 0.272 e. The van der Waals surface area contributed by atoms with E-state index in [1.807, 2.05) is 30.5 Å². The number of imidazole rings is 1. The number of rotatable bonds is 7. The Labute approximate surface area is 144 Å². The van der Waals surface area contributed by atoms with Crippen molar-refractivity contribution in [2.75, 3.05) is 40.5 Å². The number of pyridine rings is 1. The van der Waals surface area contributed by atoms with Crippen LogP contribution in [0.4, 0.5) is 0 Å². The van der Waals surface area contributed by atoms with Crippen molar-refractivity contribution in [3.63, 3.8) is 0 Å². The number of amides is 1.